The van der Waals surface area contributed by atoms with Crippen LogP contribution in [0.2, 0.25) is 0 Å². The molecule has 1 saturated heterocycles. The number of halogens is 4. The second-order valence-corrected chi connectivity index (χ2v) is 11.1. The van der Waals surface area contributed by atoms with Crippen molar-refractivity contribution in [1.29, 1.82) is 0 Å². The first-order valence-corrected chi connectivity index (χ1v) is 14.4. The van der Waals surface area contributed by atoms with Gasteiger partial charge in [0.2, 0.25) is 0 Å². The largest absolute Gasteiger partial charge is 0.493 e. The predicted octanol–water partition coefficient (Wildman–Crippen LogP) is 7.24. The molecule has 4 rings (SSSR count). The molecule has 1 aliphatic rings. The minimum Gasteiger partial charge on any atom is -0.323 e. The standard InChI is InChI=1S/C31H33BrF3N3O3/c32-27-12-14-28(15-13-27)38(41-29(39)31(33,34)35)30(40)37(23-26-10-5-2-6-11-26)19-7-18-36-20-16-25(17-21-36)22-24-8-3-1-4-9-24/h1-6,8-15,25H,7,16-23H2. The van der Waals surface area contributed by atoms with Gasteiger partial charge in [-0.15, -0.1) is 5.06 Å². The van der Waals surface area contributed by atoms with Gasteiger partial charge in [-0.1, -0.05) is 76.6 Å². The minimum absolute atomic E-state index is 0.00866. The molecule has 3 aromatic rings. The smallest absolute Gasteiger partial charge is 0.323 e. The van der Waals surface area contributed by atoms with Crippen LogP contribution < -0.4 is 5.06 Å². The first-order chi connectivity index (χ1) is 19.7. The van der Waals surface area contributed by atoms with Gasteiger partial charge in [-0.2, -0.15) is 13.2 Å². The van der Waals surface area contributed by atoms with E-state index in [-0.39, 0.29) is 18.8 Å². The van der Waals surface area contributed by atoms with E-state index in [1.165, 1.54) is 22.6 Å². The molecule has 0 N–H and O–H groups in total. The Kier molecular flexibility index (Phi) is 10.8. The molecule has 1 heterocycles. The van der Waals surface area contributed by atoms with Crippen LogP contribution in [-0.4, -0.2) is 54.2 Å². The number of hydroxylamine groups is 1. The highest BCUT2D eigenvalue weighted by Gasteiger charge is 2.44. The summed E-state index contributed by atoms with van der Waals surface area (Å²) in [5, 5.41) is 0.431. The second-order valence-electron chi connectivity index (χ2n) is 10.2. The average Bonchev–Trinajstić information content (AvgIpc) is 2.97. The molecule has 0 spiro atoms. The minimum atomic E-state index is -5.26. The van der Waals surface area contributed by atoms with Gasteiger partial charge in [-0.3, -0.25) is 0 Å². The zero-order chi connectivity index (χ0) is 29.2. The van der Waals surface area contributed by atoms with Crippen LogP contribution in [0.15, 0.2) is 89.4 Å². The predicted molar refractivity (Wildman–Crippen MR) is 155 cm³/mol. The van der Waals surface area contributed by atoms with Gasteiger partial charge in [-0.05, 0) is 86.6 Å². The Morgan fingerprint density at radius 2 is 1.46 bits per heavy atom. The summed E-state index contributed by atoms with van der Waals surface area (Å²) in [6.07, 6.45) is -1.40. The number of piperidine rings is 1. The van der Waals surface area contributed by atoms with Crippen molar-refractivity contribution in [2.75, 3.05) is 31.2 Å². The van der Waals surface area contributed by atoms with Crippen LogP contribution in [0, 0.1) is 5.92 Å². The molecule has 10 heteroatoms. The summed E-state index contributed by atoms with van der Waals surface area (Å²) in [4.78, 5) is 33.9. The molecule has 0 aliphatic carbocycles. The van der Waals surface area contributed by atoms with Gasteiger partial charge >= 0.3 is 18.2 Å². The number of amides is 2. The Morgan fingerprint density at radius 1 is 0.878 bits per heavy atom. The van der Waals surface area contributed by atoms with E-state index in [0.29, 0.717) is 21.9 Å². The molecule has 0 radical (unpaired) electrons. The third-order valence-electron chi connectivity index (χ3n) is 7.10. The number of nitrogens with zero attached hydrogens (tertiary/aromatic N) is 3. The Bertz CT molecular complexity index is 1250. The summed E-state index contributed by atoms with van der Waals surface area (Å²) in [5.74, 6) is -1.83. The fraction of sp³-hybridized carbons (Fsp3) is 0.355. The fourth-order valence-electron chi connectivity index (χ4n) is 4.93. The first-order valence-electron chi connectivity index (χ1n) is 13.6. The Balaban J connectivity index is 1.42. The summed E-state index contributed by atoms with van der Waals surface area (Å²) in [7, 11) is 0. The molecule has 6 nitrogen and oxygen atoms in total. The summed E-state index contributed by atoms with van der Waals surface area (Å²) < 4.78 is 40.0. The van der Waals surface area contributed by atoms with Crippen molar-refractivity contribution in [3.05, 3.63) is 101 Å². The van der Waals surface area contributed by atoms with Crippen LogP contribution in [0.3, 0.4) is 0 Å². The quantitative estimate of drug-likeness (QED) is 0.234. The molecule has 0 aromatic heterocycles. The summed E-state index contributed by atoms with van der Waals surface area (Å²) in [6, 6.07) is 24.7. The van der Waals surface area contributed by atoms with Crippen molar-refractivity contribution in [1.82, 2.24) is 9.80 Å². The van der Waals surface area contributed by atoms with E-state index in [4.69, 9.17) is 0 Å². The molecule has 218 valence electrons. The van der Waals surface area contributed by atoms with Gasteiger partial charge in [0.25, 0.3) is 0 Å². The molecule has 3 aromatic carbocycles. The van der Waals surface area contributed by atoms with Crippen LogP contribution in [-0.2, 0) is 22.6 Å². The lowest BCUT2D eigenvalue weighted by Crippen LogP contribution is -2.47. The maximum Gasteiger partial charge on any atom is 0.493 e. The Morgan fingerprint density at radius 3 is 2.05 bits per heavy atom. The third-order valence-corrected chi connectivity index (χ3v) is 7.63. The lowest BCUT2D eigenvalue weighted by molar-refractivity contribution is -0.200. The molecule has 0 atom stereocenters. The maximum atomic E-state index is 13.7. The summed E-state index contributed by atoms with van der Waals surface area (Å²) in [5.41, 5.74) is 2.16. The zero-order valence-electron chi connectivity index (χ0n) is 22.6. The number of hydrogen-bond donors (Lipinski definition) is 0. The van der Waals surface area contributed by atoms with E-state index < -0.39 is 18.2 Å². The van der Waals surface area contributed by atoms with Crippen molar-refractivity contribution in [2.24, 2.45) is 5.92 Å². The topological polar surface area (TPSA) is 53.1 Å². The highest BCUT2D eigenvalue weighted by atomic mass is 79.9. The SMILES string of the molecule is O=C(N(CCCN1CCC(Cc2ccccc2)CC1)Cc1ccccc1)N(OC(=O)C(F)(F)F)c1ccc(Br)cc1. The number of likely N-dealkylation sites (tertiary alicyclic amines) is 1. The van der Waals surface area contributed by atoms with E-state index in [1.807, 2.05) is 36.4 Å². The monoisotopic (exact) mass is 631 g/mol. The summed E-state index contributed by atoms with van der Waals surface area (Å²) in [6.45, 7) is 3.08. The number of anilines is 1. The molecule has 41 heavy (non-hydrogen) atoms. The fourth-order valence-corrected chi connectivity index (χ4v) is 5.20. The number of hydrogen-bond acceptors (Lipinski definition) is 4. The van der Waals surface area contributed by atoms with Crippen molar-refractivity contribution in [3.63, 3.8) is 0 Å². The van der Waals surface area contributed by atoms with E-state index >= 15 is 0 Å². The number of carbonyl (C=O) groups excluding carboxylic acids is 2. The Labute approximate surface area is 246 Å². The number of benzene rings is 3. The molecule has 0 unspecified atom stereocenters. The molecule has 0 bridgehead atoms. The summed E-state index contributed by atoms with van der Waals surface area (Å²) >= 11 is 3.27. The highest BCUT2D eigenvalue weighted by molar-refractivity contribution is 9.10. The van der Waals surface area contributed by atoms with E-state index in [9.17, 15) is 22.8 Å². The van der Waals surface area contributed by atoms with Crippen LogP contribution >= 0.6 is 15.9 Å². The van der Waals surface area contributed by atoms with Crippen molar-refractivity contribution in [3.8, 4) is 0 Å². The van der Waals surface area contributed by atoms with E-state index in [2.05, 4.69) is 49.9 Å². The number of carbonyl (C=O) groups is 2. The average molecular weight is 633 g/mol. The first kappa shape index (κ1) is 30.6. The van der Waals surface area contributed by atoms with Gasteiger partial charge in [0.1, 0.15) is 0 Å². The van der Waals surface area contributed by atoms with Crippen LogP contribution in [0.25, 0.3) is 0 Å². The lowest BCUT2D eigenvalue weighted by atomic mass is 9.90. The van der Waals surface area contributed by atoms with Crippen LogP contribution in [0.1, 0.15) is 30.4 Å². The molecule has 2 amide bonds. The molecule has 0 saturated carbocycles. The molecule has 1 aliphatic heterocycles. The van der Waals surface area contributed by atoms with Gasteiger partial charge < -0.3 is 14.6 Å². The third kappa shape index (κ3) is 9.33. The van der Waals surface area contributed by atoms with Crippen molar-refractivity contribution < 1.29 is 27.6 Å². The molecular weight excluding hydrogens is 599 g/mol. The number of rotatable bonds is 9. The molecule has 1 fully saturated rings. The van der Waals surface area contributed by atoms with Crippen LogP contribution in [0.4, 0.5) is 23.7 Å². The van der Waals surface area contributed by atoms with Crippen LogP contribution in [0.5, 0.6) is 0 Å². The lowest BCUT2D eigenvalue weighted by Gasteiger charge is -2.33. The zero-order valence-corrected chi connectivity index (χ0v) is 24.2. The normalized spacial score (nSPS) is 14.4. The van der Waals surface area contributed by atoms with Gasteiger partial charge in [-0.25, -0.2) is 9.59 Å². The van der Waals surface area contributed by atoms with Gasteiger partial charge in [0, 0.05) is 17.6 Å². The maximum absolute atomic E-state index is 13.7. The molecular formula is C31H33BrF3N3O3. The van der Waals surface area contributed by atoms with Crippen molar-refractivity contribution in [2.45, 2.75) is 38.4 Å². The van der Waals surface area contributed by atoms with Gasteiger partial charge in [0.15, 0.2) is 0 Å². The van der Waals surface area contributed by atoms with Gasteiger partial charge in [0.05, 0.1) is 5.69 Å². The van der Waals surface area contributed by atoms with E-state index in [0.717, 1.165) is 44.5 Å². The van der Waals surface area contributed by atoms with E-state index in [1.54, 1.807) is 12.1 Å². The number of urea groups is 1. The highest BCUT2D eigenvalue weighted by Crippen LogP contribution is 2.25. The van der Waals surface area contributed by atoms with Crippen molar-refractivity contribution >= 4 is 33.6 Å². The second kappa shape index (κ2) is 14.5. The Hall–Kier alpha value is -3.37. The number of alkyl halides is 3.